The average Bonchev–Trinajstić information content (AvgIpc) is 2.28. The van der Waals surface area contributed by atoms with Gasteiger partial charge in [-0.3, -0.25) is 4.79 Å². The highest BCUT2D eigenvalue weighted by atomic mass is 16.5. The number of benzene rings is 1. The maximum atomic E-state index is 10.3. The van der Waals surface area contributed by atoms with Crippen molar-refractivity contribution in [3.63, 3.8) is 0 Å². The van der Waals surface area contributed by atoms with Crippen LogP contribution in [0.25, 0.3) is 6.08 Å². The second kappa shape index (κ2) is 5.92. The first kappa shape index (κ1) is 12.3. The fraction of sp³-hybridized carbons (Fsp3) is 0.250. The molecule has 0 aliphatic carbocycles. The highest BCUT2D eigenvalue weighted by molar-refractivity contribution is 5.71. The molecule has 0 saturated heterocycles. The Kier molecular flexibility index (Phi) is 4.54. The van der Waals surface area contributed by atoms with E-state index in [2.05, 4.69) is 0 Å². The van der Waals surface area contributed by atoms with Crippen molar-refractivity contribution in [2.75, 3.05) is 7.11 Å². The van der Waals surface area contributed by atoms with E-state index in [4.69, 9.17) is 14.9 Å². The average molecular weight is 222 g/mol. The molecule has 4 heteroatoms. The van der Waals surface area contributed by atoms with Gasteiger partial charge in [0, 0.05) is 5.56 Å². The van der Waals surface area contributed by atoms with Crippen molar-refractivity contribution in [2.24, 2.45) is 0 Å². The lowest BCUT2D eigenvalue weighted by molar-refractivity contribution is -0.135. The number of aliphatic hydroxyl groups is 1. The lowest BCUT2D eigenvalue weighted by Crippen LogP contribution is -1.92. The fourth-order valence-corrected chi connectivity index (χ4v) is 1.30. The zero-order valence-electron chi connectivity index (χ0n) is 9.01. The molecule has 0 bridgehead atoms. The van der Waals surface area contributed by atoms with E-state index < -0.39 is 5.97 Å². The van der Waals surface area contributed by atoms with Gasteiger partial charge in [-0.2, -0.15) is 0 Å². The van der Waals surface area contributed by atoms with Gasteiger partial charge in [0.05, 0.1) is 20.1 Å². The molecule has 0 aliphatic heterocycles. The summed E-state index contributed by atoms with van der Waals surface area (Å²) in [6, 6.07) is 5.26. The molecule has 0 atom stereocenters. The van der Waals surface area contributed by atoms with Crippen LogP contribution in [0.2, 0.25) is 0 Å². The zero-order chi connectivity index (χ0) is 12.0. The molecule has 0 heterocycles. The Bertz CT molecular complexity index is 396. The van der Waals surface area contributed by atoms with Gasteiger partial charge in [-0.25, -0.2) is 0 Å². The van der Waals surface area contributed by atoms with Gasteiger partial charge in [-0.15, -0.1) is 0 Å². The first-order chi connectivity index (χ1) is 7.67. The molecule has 1 rings (SSSR count). The quantitative estimate of drug-likeness (QED) is 0.795. The maximum absolute atomic E-state index is 10.3. The predicted octanol–water partition coefficient (Wildman–Crippen LogP) is 1.68. The number of aliphatic carboxylic acids is 1. The third-order valence-electron chi connectivity index (χ3n) is 2.07. The largest absolute Gasteiger partial charge is 0.496 e. The van der Waals surface area contributed by atoms with Crippen molar-refractivity contribution in [3.05, 3.63) is 35.4 Å². The Balaban J connectivity index is 2.90. The summed E-state index contributed by atoms with van der Waals surface area (Å²) in [7, 11) is 1.54. The van der Waals surface area contributed by atoms with Crippen LogP contribution in [0, 0.1) is 0 Å². The number of rotatable bonds is 5. The number of hydrogen-bond donors (Lipinski definition) is 2. The van der Waals surface area contributed by atoms with Crippen LogP contribution in [-0.2, 0) is 11.4 Å². The molecule has 0 saturated carbocycles. The Morgan fingerprint density at radius 3 is 2.81 bits per heavy atom. The topological polar surface area (TPSA) is 66.8 Å². The Hall–Kier alpha value is -1.81. The lowest BCUT2D eigenvalue weighted by Gasteiger charge is -2.06. The van der Waals surface area contributed by atoms with Crippen LogP contribution >= 0.6 is 0 Å². The summed E-state index contributed by atoms with van der Waals surface area (Å²) in [5.74, 6) is -0.229. The van der Waals surface area contributed by atoms with E-state index in [-0.39, 0.29) is 13.0 Å². The predicted molar refractivity (Wildman–Crippen MR) is 60.2 cm³/mol. The molecule has 0 aromatic heterocycles. The molecule has 0 aliphatic rings. The lowest BCUT2D eigenvalue weighted by atomic mass is 10.1. The SMILES string of the molecule is COc1ccc(CO)cc1C=CCC(=O)O. The number of carboxylic acid groups (broad SMARTS) is 1. The molecule has 0 unspecified atom stereocenters. The second-order valence-corrected chi connectivity index (χ2v) is 3.23. The van der Waals surface area contributed by atoms with Crippen LogP contribution in [0.3, 0.4) is 0 Å². The van der Waals surface area contributed by atoms with Gasteiger partial charge >= 0.3 is 5.97 Å². The molecule has 0 spiro atoms. The van der Waals surface area contributed by atoms with E-state index in [1.54, 1.807) is 37.5 Å². The minimum Gasteiger partial charge on any atom is -0.496 e. The standard InChI is InChI=1S/C12H14O4/c1-16-11-6-5-9(8-13)7-10(11)3-2-4-12(14)15/h2-3,5-7,13H,4,8H2,1H3,(H,14,15). The van der Waals surface area contributed by atoms with Gasteiger partial charge < -0.3 is 14.9 Å². The van der Waals surface area contributed by atoms with Crippen molar-refractivity contribution in [1.82, 2.24) is 0 Å². The number of hydrogen-bond acceptors (Lipinski definition) is 3. The molecule has 16 heavy (non-hydrogen) atoms. The highest BCUT2D eigenvalue weighted by Crippen LogP contribution is 2.21. The number of methoxy groups -OCH3 is 1. The maximum Gasteiger partial charge on any atom is 0.307 e. The molecule has 1 aromatic carbocycles. The summed E-state index contributed by atoms with van der Waals surface area (Å²) < 4.78 is 5.12. The number of carbonyl (C=O) groups is 1. The zero-order valence-corrected chi connectivity index (χ0v) is 9.01. The summed E-state index contributed by atoms with van der Waals surface area (Å²) in [6.07, 6.45) is 3.18. The van der Waals surface area contributed by atoms with E-state index in [1.807, 2.05) is 0 Å². The molecule has 86 valence electrons. The Labute approximate surface area is 93.8 Å². The number of carboxylic acids is 1. The van der Waals surface area contributed by atoms with Crippen molar-refractivity contribution < 1.29 is 19.7 Å². The molecule has 0 radical (unpaired) electrons. The molecule has 4 nitrogen and oxygen atoms in total. The summed E-state index contributed by atoms with van der Waals surface area (Å²) in [4.78, 5) is 10.3. The molecule has 0 fully saturated rings. The molecule has 2 N–H and O–H groups in total. The van der Waals surface area contributed by atoms with Crippen molar-refractivity contribution in [2.45, 2.75) is 13.0 Å². The second-order valence-electron chi connectivity index (χ2n) is 3.23. The Morgan fingerprint density at radius 1 is 1.50 bits per heavy atom. The molecule has 0 amide bonds. The van der Waals surface area contributed by atoms with Crippen LogP contribution < -0.4 is 4.74 Å². The van der Waals surface area contributed by atoms with E-state index >= 15 is 0 Å². The Morgan fingerprint density at radius 2 is 2.25 bits per heavy atom. The van der Waals surface area contributed by atoms with Crippen LogP contribution in [-0.4, -0.2) is 23.3 Å². The minimum atomic E-state index is -0.881. The fourth-order valence-electron chi connectivity index (χ4n) is 1.30. The van der Waals surface area contributed by atoms with E-state index in [1.165, 1.54) is 0 Å². The number of ether oxygens (including phenoxy) is 1. The van der Waals surface area contributed by atoms with E-state index in [0.29, 0.717) is 5.75 Å². The third-order valence-corrected chi connectivity index (χ3v) is 2.07. The molecule has 1 aromatic rings. The molecular formula is C12H14O4. The van der Waals surface area contributed by atoms with Crippen LogP contribution in [0.1, 0.15) is 17.5 Å². The van der Waals surface area contributed by atoms with E-state index in [0.717, 1.165) is 11.1 Å². The third kappa shape index (κ3) is 3.40. The summed E-state index contributed by atoms with van der Waals surface area (Å²) in [5, 5.41) is 17.5. The van der Waals surface area contributed by atoms with Gasteiger partial charge in [0.2, 0.25) is 0 Å². The first-order valence-corrected chi connectivity index (χ1v) is 4.83. The van der Waals surface area contributed by atoms with Gasteiger partial charge in [-0.1, -0.05) is 18.2 Å². The summed E-state index contributed by atoms with van der Waals surface area (Å²) in [6.45, 7) is -0.0518. The van der Waals surface area contributed by atoms with Crippen molar-refractivity contribution in [3.8, 4) is 5.75 Å². The normalized spacial score (nSPS) is 10.6. The first-order valence-electron chi connectivity index (χ1n) is 4.83. The monoisotopic (exact) mass is 222 g/mol. The van der Waals surface area contributed by atoms with Crippen molar-refractivity contribution in [1.29, 1.82) is 0 Å². The minimum absolute atomic E-state index is 0.0352. The van der Waals surface area contributed by atoms with Crippen molar-refractivity contribution >= 4 is 12.0 Å². The van der Waals surface area contributed by atoms with Crippen LogP contribution in [0.4, 0.5) is 0 Å². The van der Waals surface area contributed by atoms with E-state index in [9.17, 15) is 4.79 Å². The van der Waals surface area contributed by atoms with Crippen LogP contribution in [0.5, 0.6) is 5.75 Å². The highest BCUT2D eigenvalue weighted by Gasteiger charge is 2.01. The smallest absolute Gasteiger partial charge is 0.307 e. The van der Waals surface area contributed by atoms with Gasteiger partial charge in [0.25, 0.3) is 0 Å². The molecular weight excluding hydrogens is 208 g/mol. The van der Waals surface area contributed by atoms with Gasteiger partial charge in [0.1, 0.15) is 5.75 Å². The van der Waals surface area contributed by atoms with Crippen LogP contribution in [0.15, 0.2) is 24.3 Å². The summed E-state index contributed by atoms with van der Waals surface area (Å²) >= 11 is 0. The summed E-state index contributed by atoms with van der Waals surface area (Å²) in [5.41, 5.74) is 1.52. The van der Waals surface area contributed by atoms with Gasteiger partial charge in [0.15, 0.2) is 0 Å². The number of aliphatic hydroxyl groups excluding tert-OH is 1. The van der Waals surface area contributed by atoms with Gasteiger partial charge in [-0.05, 0) is 17.7 Å².